The first-order valence-electron chi connectivity index (χ1n) is 7.05. The molecule has 1 amide bonds. The molecule has 0 saturated heterocycles. The highest BCUT2D eigenvalue weighted by atomic mass is 16.6. The van der Waals surface area contributed by atoms with Gasteiger partial charge < -0.3 is 9.47 Å². The van der Waals surface area contributed by atoms with Gasteiger partial charge in [0.15, 0.2) is 0 Å². The normalized spacial score (nSPS) is 21.1. The molecule has 0 aromatic heterocycles. The molecule has 2 aliphatic rings. The Morgan fingerprint density at radius 2 is 2.15 bits per heavy atom. The first-order chi connectivity index (χ1) is 9.87. The fourth-order valence-electron chi connectivity index (χ4n) is 2.18. The number of fused-ring (bicyclic) bond motifs is 3. The lowest BCUT2D eigenvalue weighted by atomic mass is 9.98. The highest BCUT2D eigenvalue weighted by Gasteiger charge is 2.32. The Morgan fingerprint density at radius 1 is 1.40 bits per heavy atom. The molecule has 0 fully saturated rings. The molecule has 1 aromatic carbocycles. The lowest BCUT2D eigenvalue weighted by molar-refractivity contribution is 0.0392. The van der Waals surface area contributed by atoms with Gasteiger partial charge in [0.2, 0.25) is 0 Å². The molecule has 2 heterocycles. The average Bonchev–Trinajstić information content (AvgIpc) is 2.77. The van der Waals surface area contributed by atoms with E-state index in [2.05, 4.69) is 0 Å². The third kappa shape index (κ3) is 2.29. The van der Waals surface area contributed by atoms with Crippen molar-refractivity contribution >= 4 is 6.09 Å². The summed E-state index contributed by atoms with van der Waals surface area (Å²) in [6, 6.07) is 7.64. The van der Waals surface area contributed by atoms with E-state index < -0.39 is 11.7 Å². The molecule has 0 spiro atoms. The summed E-state index contributed by atoms with van der Waals surface area (Å²) in [4.78, 5) is 13.3. The van der Waals surface area contributed by atoms with E-state index in [1.54, 1.807) is 27.0 Å². The Balaban J connectivity index is 1.90. The summed E-state index contributed by atoms with van der Waals surface area (Å²) in [7, 11) is 0. The highest BCUT2D eigenvalue weighted by Crippen LogP contribution is 2.42. The van der Waals surface area contributed by atoms with E-state index in [0.717, 1.165) is 11.3 Å². The number of hydrogen-bond donors (Lipinski definition) is 0. The summed E-state index contributed by atoms with van der Waals surface area (Å²) in [5.41, 5.74) is 0.406. The minimum absolute atomic E-state index is 0.0212. The SMILES string of the molecule is [2H]C1=C2Oc3ccccc3C2C=CN1C(=O)OC(C)(C)C. The number of carbonyl (C=O) groups excluding carboxylic acids is 1. The number of nitrogens with zero attached hydrogens (tertiary/aromatic N) is 1. The molecule has 0 aliphatic carbocycles. The maximum absolute atomic E-state index is 12.1. The number of ether oxygens (including phenoxy) is 2. The summed E-state index contributed by atoms with van der Waals surface area (Å²) in [6.45, 7) is 5.38. The highest BCUT2D eigenvalue weighted by molar-refractivity contribution is 5.71. The molecule has 2 aliphatic heterocycles. The van der Waals surface area contributed by atoms with Crippen LogP contribution in [0.3, 0.4) is 0 Å². The Labute approximate surface area is 119 Å². The maximum Gasteiger partial charge on any atom is 0.418 e. The second kappa shape index (κ2) is 4.40. The monoisotopic (exact) mass is 272 g/mol. The lowest BCUT2D eigenvalue weighted by Crippen LogP contribution is -2.32. The first kappa shape index (κ1) is 11.6. The molecular weight excluding hydrogens is 254 g/mol. The molecule has 104 valence electrons. The lowest BCUT2D eigenvalue weighted by Gasteiger charge is -2.25. The largest absolute Gasteiger partial charge is 0.459 e. The number of benzene rings is 1. The fraction of sp³-hybridized carbons (Fsp3) is 0.312. The van der Waals surface area contributed by atoms with Crippen molar-refractivity contribution in [1.29, 1.82) is 0 Å². The predicted molar refractivity (Wildman–Crippen MR) is 75.1 cm³/mol. The minimum atomic E-state index is -0.605. The predicted octanol–water partition coefficient (Wildman–Crippen LogP) is 3.77. The zero-order chi connectivity index (χ0) is 15.2. The summed E-state index contributed by atoms with van der Waals surface area (Å²) < 4.78 is 19.2. The number of carbonyl (C=O) groups is 1. The van der Waals surface area contributed by atoms with Crippen molar-refractivity contribution in [2.75, 3.05) is 0 Å². The van der Waals surface area contributed by atoms with Gasteiger partial charge in [0.25, 0.3) is 0 Å². The van der Waals surface area contributed by atoms with E-state index in [1.165, 1.54) is 4.90 Å². The van der Waals surface area contributed by atoms with Gasteiger partial charge in [-0.15, -0.1) is 0 Å². The van der Waals surface area contributed by atoms with Crippen LogP contribution in [0.4, 0.5) is 4.79 Å². The number of allylic oxidation sites excluding steroid dienone is 1. The van der Waals surface area contributed by atoms with Gasteiger partial charge in [-0.1, -0.05) is 24.3 Å². The first-order valence-corrected chi connectivity index (χ1v) is 6.55. The van der Waals surface area contributed by atoms with E-state index in [4.69, 9.17) is 10.8 Å². The summed E-state index contributed by atoms with van der Waals surface area (Å²) >= 11 is 0. The van der Waals surface area contributed by atoms with Crippen molar-refractivity contribution in [2.24, 2.45) is 0 Å². The van der Waals surface area contributed by atoms with Gasteiger partial charge in [-0.25, -0.2) is 4.79 Å². The second-order valence-corrected chi connectivity index (χ2v) is 5.79. The van der Waals surface area contributed by atoms with Gasteiger partial charge in [-0.05, 0) is 26.8 Å². The number of para-hydroxylation sites is 1. The van der Waals surface area contributed by atoms with Crippen LogP contribution in [0.15, 0.2) is 48.5 Å². The van der Waals surface area contributed by atoms with Crippen LogP contribution >= 0.6 is 0 Å². The second-order valence-electron chi connectivity index (χ2n) is 5.79. The van der Waals surface area contributed by atoms with Crippen LogP contribution in [0.2, 0.25) is 0 Å². The maximum atomic E-state index is 12.1. The number of hydrogen-bond acceptors (Lipinski definition) is 3. The van der Waals surface area contributed by atoms with Crippen molar-refractivity contribution in [3.63, 3.8) is 0 Å². The van der Waals surface area contributed by atoms with Crippen LogP contribution in [0.5, 0.6) is 5.75 Å². The number of rotatable bonds is 0. The molecule has 4 nitrogen and oxygen atoms in total. The topological polar surface area (TPSA) is 38.8 Å². The molecule has 4 heteroatoms. The van der Waals surface area contributed by atoms with E-state index in [9.17, 15) is 4.79 Å². The van der Waals surface area contributed by atoms with E-state index in [-0.39, 0.29) is 12.1 Å². The van der Waals surface area contributed by atoms with Gasteiger partial charge in [0.1, 0.15) is 17.1 Å². The van der Waals surface area contributed by atoms with Gasteiger partial charge in [0.05, 0.1) is 13.5 Å². The van der Waals surface area contributed by atoms with Crippen LogP contribution in [-0.4, -0.2) is 16.6 Å². The third-order valence-electron chi connectivity index (χ3n) is 3.00. The van der Waals surface area contributed by atoms with Crippen molar-refractivity contribution in [1.82, 2.24) is 4.90 Å². The molecular formula is C16H17NO3. The molecule has 0 N–H and O–H groups in total. The molecule has 20 heavy (non-hydrogen) atoms. The Bertz CT molecular complexity index is 658. The minimum Gasteiger partial charge on any atom is -0.459 e. The van der Waals surface area contributed by atoms with Crippen molar-refractivity contribution < 1.29 is 15.6 Å². The van der Waals surface area contributed by atoms with E-state index in [0.29, 0.717) is 5.76 Å². The zero-order valence-electron chi connectivity index (χ0n) is 12.7. The van der Waals surface area contributed by atoms with Gasteiger partial charge in [-0.2, -0.15) is 0 Å². The molecule has 0 radical (unpaired) electrons. The van der Waals surface area contributed by atoms with Crippen molar-refractivity contribution in [3.8, 4) is 5.75 Å². The van der Waals surface area contributed by atoms with Crippen LogP contribution < -0.4 is 4.74 Å². The molecule has 1 atom stereocenters. The van der Waals surface area contributed by atoms with Crippen LogP contribution in [0.1, 0.15) is 33.6 Å². The molecule has 0 saturated carbocycles. The van der Waals surface area contributed by atoms with Crippen molar-refractivity contribution in [2.45, 2.75) is 32.3 Å². The van der Waals surface area contributed by atoms with E-state index >= 15 is 0 Å². The quantitative estimate of drug-likeness (QED) is 0.721. The standard InChI is InChI=1S/C16H17NO3/c1-16(2,3)20-15(18)17-9-8-12-11-6-4-5-7-13(11)19-14(12)10-17/h4-10,12H,1-3H3/i10D. The zero-order valence-corrected chi connectivity index (χ0v) is 11.7. The number of amides is 1. The van der Waals surface area contributed by atoms with Crippen LogP contribution in [-0.2, 0) is 4.74 Å². The summed E-state index contributed by atoms with van der Waals surface area (Å²) in [5.74, 6) is 1.09. The molecule has 1 unspecified atom stereocenters. The average molecular weight is 272 g/mol. The molecule has 0 bridgehead atoms. The Kier molecular flexibility index (Phi) is 2.55. The third-order valence-corrected chi connectivity index (χ3v) is 3.00. The molecule has 3 rings (SSSR count). The Morgan fingerprint density at radius 3 is 2.90 bits per heavy atom. The van der Waals surface area contributed by atoms with Gasteiger partial charge >= 0.3 is 6.09 Å². The van der Waals surface area contributed by atoms with Crippen LogP contribution in [0, 0.1) is 0 Å². The van der Waals surface area contributed by atoms with Crippen molar-refractivity contribution in [3.05, 3.63) is 54.0 Å². The summed E-state index contributed by atoms with van der Waals surface area (Å²) in [6.07, 6.45) is 2.88. The Hall–Kier alpha value is -2.23. The van der Waals surface area contributed by atoms with Gasteiger partial charge in [0, 0.05) is 11.8 Å². The fourth-order valence-corrected chi connectivity index (χ4v) is 2.18. The summed E-state index contributed by atoms with van der Waals surface area (Å²) in [5, 5.41) is 0. The van der Waals surface area contributed by atoms with Gasteiger partial charge in [-0.3, -0.25) is 4.90 Å². The molecule has 1 aromatic rings. The van der Waals surface area contributed by atoms with Crippen LogP contribution in [0.25, 0.3) is 0 Å². The smallest absolute Gasteiger partial charge is 0.418 e. The van der Waals surface area contributed by atoms with E-state index in [1.807, 2.05) is 30.3 Å².